The van der Waals surface area contributed by atoms with Gasteiger partial charge in [-0.2, -0.15) is 0 Å². The van der Waals surface area contributed by atoms with Crippen molar-refractivity contribution in [2.75, 3.05) is 6.61 Å². The SMILES string of the molecule is CCCCC(=O)NC(C)CO[SH](=O)=O. The number of amides is 1. The van der Waals surface area contributed by atoms with Crippen molar-refractivity contribution in [2.24, 2.45) is 0 Å². The fourth-order valence-electron chi connectivity index (χ4n) is 0.899. The van der Waals surface area contributed by atoms with Crippen LogP contribution >= 0.6 is 0 Å². The minimum absolute atomic E-state index is 0.00340. The maximum absolute atomic E-state index is 11.1. The zero-order valence-corrected chi connectivity index (χ0v) is 9.38. The van der Waals surface area contributed by atoms with Gasteiger partial charge in [0.2, 0.25) is 5.91 Å². The molecule has 0 aliphatic carbocycles. The van der Waals surface area contributed by atoms with E-state index in [1.54, 1.807) is 6.92 Å². The maximum atomic E-state index is 11.1. The Morgan fingerprint density at radius 1 is 1.50 bits per heavy atom. The van der Waals surface area contributed by atoms with Crippen LogP contribution in [0.4, 0.5) is 0 Å². The van der Waals surface area contributed by atoms with E-state index < -0.39 is 11.0 Å². The van der Waals surface area contributed by atoms with Gasteiger partial charge in [-0.1, -0.05) is 13.3 Å². The molecule has 1 N–H and O–H groups in total. The lowest BCUT2D eigenvalue weighted by Crippen LogP contribution is -2.35. The molecule has 0 aliphatic heterocycles. The third-order valence-corrected chi connectivity index (χ3v) is 1.95. The Morgan fingerprint density at radius 3 is 2.64 bits per heavy atom. The van der Waals surface area contributed by atoms with Crippen LogP contribution < -0.4 is 5.32 Å². The molecule has 14 heavy (non-hydrogen) atoms. The molecule has 0 fully saturated rings. The highest BCUT2D eigenvalue weighted by molar-refractivity contribution is 7.67. The van der Waals surface area contributed by atoms with E-state index in [1.807, 2.05) is 6.92 Å². The Kier molecular flexibility index (Phi) is 7.41. The summed E-state index contributed by atoms with van der Waals surface area (Å²) in [6, 6.07) is -0.271. The molecule has 0 aromatic rings. The smallest absolute Gasteiger partial charge is 0.257 e. The van der Waals surface area contributed by atoms with Crippen molar-refractivity contribution in [3.8, 4) is 0 Å². The van der Waals surface area contributed by atoms with Gasteiger partial charge in [0.05, 0.1) is 12.6 Å². The minimum atomic E-state index is -2.82. The van der Waals surface area contributed by atoms with Crippen LogP contribution in [0.25, 0.3) is 0 Å². The molecule has 1 atom stereocenters. The third kappa shape index (κ3) is 8.00. The summed E-state index contributed by atoms with van der Waals surface area (Å²) in [5.41, 5.74) is 0. The van der Waals surface area contributed by atoms with Gasteiger partial charge >= 0.3 is 0 Å². The van der Waals surface area contributed by atoms with Crippen molar-refractivity contribution < 1.29 is 17.4 Å². The van der Waals surface area contributed by atoms with Gasteiger partial charge in [0.15, 0.2) is 0 Å². The number of nitrogens with one attached hydrogen (secondary N) is 1. The van der Waals surface area contributed by atoms with Crippen LogP contribution in [0.2, 0.25) is 0 Å². The van der Waals surface area contributed by atoms with Gasteiger partial charge in [0.25, 0.3) is 11.0 Å². The van der Waals surface area contributed by atoms with Crippen molar-refractivity contribution >= 4 is 16.9 Å². The van der Waals surface area contributed by atoms with Crippen LogP contribution in [0.15, 0.2) is 0 Å². The van der Waals surface area contributed by atoms with Crippen molar-refractivity contribution in [2.45, 2.75) is 39.2 Å². The molecule has 0 rings (SSSR count). The second-order valence-corrected chi connectivity index (χ2v) is 3.80. The quantitative estimate of drug-likeness (QED) is 0.606. The summed E-state index contributed by atoms with van der Waals surface area (Å²) < 4.78 is 24.5. The number of hydrogen-bond donors (Lipinski definition) is 2. The first-order chi connectivity index (χ1) is 6.56. The monoisotopic (exact) mass is 223 g/mol. The first kappa shape index (κ1) is 13.4. The number of thiol groups is 1. The van der Waals surface area contributed by atoms with Crippen LogP contribution in [-0.2, 0) is 20.0 Å². The number of carbonyl (C=O) groups is 1. The molecule has 0 aromatic carbocycles. The lowest BCUT2D eigenvalue weighted by molar-refractivity contribution is -0.122. The highest BCUT2D eigenvalue weighted by Gasteiger charge is 2.06. The van der Waals surface area contributed by atoms with E-state index in [2.05, 4.69) is 9.50 Å². The van der Waals surface area contributed by atoms with E-state index in [0.717, 1.165) is 12.8 Å². The summed E-state index contributed by atoms with van der Waals surface area (Å²) in [6.45, 7) is 3.70. The van der Waals surface area contributed by atoms with Gasteiger partial charge < -0.3 is 5.32 Å². The molecule has 0 spiro atoms. The largest absolute Gasteiger partial charge is 0.351 e. The second-order valence-electron chi connectivity index (χ2n) is 3.09. The standard InChI is InChI=1S/C8H17NO4S/c1-3-4-5-8(10)9-7(2)6-13-14(11)12/h7,14H,3-6H2,1-2H3,(H,9,10). The first-order valence-corrected chi connectivity index (χ1v) is 5.72. The third-order valence-electron chi connectivity index (χ3n) is 1.59. The van der Waals surface area contributed by atoms with Crippen LogP contribution in [0.5, 0.6) is 0 Å². The van der Waals surface area contributed by atoms with Gasteiger partial charge in [-0.05, 0) is 13.3 Å². The lowest BCUT2D eigenvalue weighted by atomic mass is 10.2. The van der Waals surface area contributed by atoms with Gasteiger partial charge in [-0.15, -0.1) is 0 Å². The van der Waals surface area contributed by atoms with Gasteiger partial charge in [0.1, 0.15) is 0 Å². The van der Waals surface area contributed by atoms with Crippen molar-refractivity contribution in [3.63, 3.8) is 0 Å². The summed E-state index contributed by atoms with van der Waals surface area (Å²) >= 11 is 0. The van der Waals surface area contributed by atoms with Crippen molar-refractivity contribution in [3.05, 3.63) is 0 Å². The minimum Gasteiger partial charge on any atom is -0.351 e. The van der Waals surface area contributed by atoms with E-state index in [-0.39, 0.29) is 18.6 Å². The Morgan fingerprint density at radius 2 is 2.14 bits per heavy atom. The fourth-order valence-corrected chi connectivity index (χ4v) is 1.24. The Balaban J connectivity index is 3.59. The van der Waals surface area contributed by atoms with Gasteiger partial charge in [0, 0.05) is 6.42 Å². The van der Waals surface area contributed by atoms with Crippen LogP contribution in [-0.4, -0.2) is 27.0 Å². The number of carbonyl (C=O) groups excluding carboxylic acids is 1. The summed E-state index contributed by atoms with van der Waals surface area (Å²) in [5, 5.41) is 2.64. The summed E-state index contributed by atoms with van der Waals surface area (Å²) in [7, 11) is -2.82. The van der Waals surface area contributed by atoms with Gasteiger partial charge in [-0.3, -0.25) is 8.98 Å². The molecule has 0 saturated carbocycles. The van der Waals surface area contributed by atoms with E-state index in [4.69, 9.17) is 0 Å². The van der Waals surface area contributed by atoms with Gasteiger partial charge in [-0.25, -0.2) is 8.42 Å². The average molecular weight is 223 g/mol. The molecular weight excluding hydrogens is 206 g/mol. The zero-order valence-electron chi connectivity index (χ0n) is 8.49. The summed E-state index contributed by atoms with van der Waals surface area (Å²) in [5.74, 6) is -0.0657. The second kappa shape index (κ2) is 7.75. The molecule has 0 aromatic heterocycles. The van der Waals surface area contributed by atoms with Crippen LogP contribution in [0.3, 0.4) is 0 Å². The normalized spacial score (nSPS) is 12.8. The van der Waals surface area contributed by atoms with E-state index in [0.29, 0.717) is 6.42 Å². The maximum Gasteiger partial charge on any atom is 0.257 e. The Bertz CT molecular complexity index is 231. The predicted octanol–water partition coefficient (Wildman–Crippen LogP) is 0.224. The molecule has 0 heterocycles. The van der Waals surface area contributed by atoms with Crippen molar-refractivity contribution in [1.82, 2.24) is 5.32 Å². The molecular formula is C8H17NO4S. The molecule has 5 nitrogen and oxygen atoms in total. The van der Waals surface area contributed by atoms with Crippen molar-refractivity contribution in [1.29, 1.82) is 0 Å². The molecule has 6 heteroatoms. The highest BCUT2D eigenvalue weighted by Crippen LogP contribution is 1.94. The van der Waals surface area contributed by atoms with E-state index in [1.165, 1.54) is 0 Å². The van der Waals surface area contributed by atoms with E-state index in [9.17, 15) is 13.2 Å². The molecule has 1 amide bonds. The number of unbranched alkanes of at least 4 members (excludes halogenated alkanes) is 1. The van der Waals surface area contributed by atoms with E-state index >= 15 is 0 Å². The topological polar surface area (TPSA) is 72.5 Å². The zero-order chi connectivity index (χ0) is 11.0. The molecule has 0 aliphatic rings. The van der Waals surface area contributed by atoms with Crippen LogP contribution in [0.1, 0.15) is 33.1 Å². The molecule has 84 valence electrons. The fraction of sp³-hybridized carbons (Fsp3) is 0.875. The highest BCUT2D eigenvalue weighted by atomic mass is 32.2. The molecule has 0 saturated heterocycles. The molecule has 0 bridgehead atoms. The predicted molar refractivity (Wildman–Crippen MR) is 53.4 cm³/mol. The van der Waals surface area contributed by atoms with Crippen LogP contribution in [0, 0.1) is 0 Å². The molecule has 0 radical (unpaired) electrons. The molecule has 1 unspecified atom stereocenters. The Hall–Kier alpha value is -0.620. The number of rotatable bonds is 7. The Labute approximate surface area is 86.0 Å². The summed E-state index contributed by atoms with van der Waals surface area (Å²) in [6.07, 6.45) is 2.28. The summed E-state index contributed by atoms with van der Waals surface area (Å²) in [4.78, 5) is 11.1. The first-order valence-electron chi connectivity index (χ1n) is 4.63. The number of hydrogen-bond acceptors (Lipinski definition) is 4. The average Bonchev–Trinajstić information content (AvgIpc) is 2.11. The lowest BCUT2D eigenvalue weighted by Gasteiger charge is -2.11.